The van der Waals surface area contributed by atoms with Crippen molar-refractivity contribution in [2.45, 2.75) is 19.4 Å². The minimum absolute atomic E-state index is 0.0788. The number of carbonyl (C=O) groups is 1. The fourth-order valence-electron chi connectivity index (χ4n) is 2.17. The number of fused-ring (bicyclic) bond motifs is 1. The zero-order valence-corrected chi connectivity index (χ0v) is 14.8. The third-order valence-corrected chi connectivity index (χ3v) is 4.67. The van der Waals surface area contributed by atoms with Gasteiger partial charge in [0.2, 0.25) is 5.91 Å². The first-order valence-corrected chi connectivity index (χ1v) is 8.83. The molecule has 24 heavy (non-hydrogen) atoms. The van der Waals surface area contributed by atoms with E-state index in [0.29, 0.717) is 19.0 Å². The third kappa shape index (κ3) is 5.21. The summed E-state index contributed by atoms with van der Waals surface area (Å²) in [5, 5.41) is 20.2. The van der Waals surface area contributed by atoms with E-state index in [2.05, 4.69) is 20.9 Å². The summed E-state index contributed by atoms with van der Waals surface area (Å²) < 4.78 is 1.15. The molecule has 0 aliphatic heterocycles. The number of benzene rings is 1. The molecule has 1 aromatic heterocycles. The molecule has 1 unspecified atom stereocenters. The zero-order chi connectivity index (χ0) is 17.4. The van der Waals surface area contributed by atoms with Gasteiger partial charge in [0.05, 0.1) is 6.54 Å². The van der Waals surface area contributed by atoms with Gasteiger partial charge >= 0.3 is 0 Å². The fraction of sp³-hybridized carbons (Fsp3) is 0.412. The number of nitrogens with one attached hydrogen (secondary N) is 3. The molecule has 1 aromatic carbocycles. The largest absolute Gasteiger partial charge is 0.386 e. The topological polar surface area (TPSA) is 85.8 Å². The number of aliphatic hydroxyl groups is 1. The van der Waals surface area contributed by atoms with Crippen LogP contribution in [0, 0.1) is 0 Å². The molecular formula is C17H24N4O2S. The van der Waals surface area contributed by atoms with Crippen LogP contribution < -0.4 is 16.0 Å². The van der Waals surface area contributed by atoms with Crippen LogP contribution in [0.5, 0.6) is 0 Å². The van der Waals surface area contributed by atoms with Gasteiger partial charge in [0.25, 0.3) is 0 Å². The highest BCUT2D eigenvalue weighted by atomic mass is 32.1. The highest BCUT2D eigenvalue weighted by Gasteiger charge is 2.12. The Morgan fingerprint density at radius 1 is 1.29 bits per heavy atom. The maximum Gasteiger partial charge on any atom is 0.239 e. The van der Waals surface area contributed by atoms with Gasteiger partial charge in [0, 0.05) is 29.7 Å². The minimum Gasteiger partial charge on any atom is -0.386 e. The molecule has 0 spiro atoms. The number of guanidine groups is 1. The van der Waals surface area contributed by atoms with Gasteiger partial charge in [-0.15, -0.1) is 11.3 Å². The number of carbonyl (C=O) groups excluding carboxylic acids is 1. The van der Waals surface area contributed by atoms with E-state index in [1.165, 1.54) is 0 Å². The molecule has 6 nitrogen and oxygen atoms in total. The van der Waals surface area contributed by atoms with Crippen molar-refractivity contribution in [1.82, 2.24) is 16.0 Å². The van der Waals surface area contributed by atoms with E-state index in [-0.39, 0.29) is 12.5 Å². The first kappa shape index (κ1) is 18.2. The molecule has 7 heteroatoms. The Morgan fingerprint density at radius 2 is 2.08 bits per heavy atom. The number of nitrogens with zero attached hydrogens (tertiary/aromatic N) is 1. The number of hydrogen-bond acceptors (Lipinski definition) is 4. The van der Waals surface area contributed by atoms with Crippen molar-refractivity contribution < 1.29 is 9.90 Å². The molecule has 1 amide bonds. The summed E-state index contributed by atoms with van der Waals surface area (Å²) in [5.74, 6) is 0.409. The van der Waals surface area contributed by atoms with E-state index in [1.54, 1.807) is 18.4 Å². The van der Waals surface area contributed by atoms with Gasteiger partial charge in [-0.05, 0) is 23.9 Å². The lowest BCUT2D eigenvalue weighted by atomic mass is 10.2. The van der Waals surface area contributed by atoms with E-state index in [4.69, 9.17) is 0 Å². The quantitative estimate of drug-likeness (QED) is 0.452. The van der Waals surface area contributed by atoms with Crippen molar-refractivity contribution in [3.63, 3.8) is 0 Å². The first-order chi connectivity index (χ1) is 11.6. The van der Waals surface area contributed by atoms with Crippen molar-refractivity contribution in [3.8, 4) is 0 Å². The normalized spacial score (nSPS) is 12.9. The lowest BCUT2D eigenvalue weighted by molar-refractivity contribution is -0.120. The average molecular weight is 348 g/mol. The number of rotatable bonds is 7. The van der Waals surface area contributed by atoms with Crippen molar-refractivity contribution in [2.24, 2.45) is 4.99 Å². The summed E-state index contributed by atoms with van der Waals surface area (Å²) >= 11 is 1.58. The molecule has 0 bridgehead atoms. The summed E-state index contributed by atoms with van der Waals surface area (Å²) in [5.41, 5.74) is 0. The Kier molecular flexibility index (Phi) is 7.02. The number of aliphatic imine (C=N–C) groups is 1. The van der Waals surface area contributed by atoms with Gasteiger partial charge in [0.15, 0.2) is 5.96 Å². The van der Waals surface area contributed by atoms with Gasteiger partial charge < -0.3 is 21.1 Å². The van der Waals surface area contributed by atoms with Gasteiger partial charge in [0.1, 0.15) is 6.10 Å². The molecule has 130 valence electrons. The van der Waals surface area contributed by atoms with Crippen LogP contribution in [-0.4, -0.2) is 43.7 Å². The van der Waals surface area contributed by atoms with Gasteiger partial charge in [-0.3, -0.25) is 9.79 Å². The number of amides is 1. The highest BCUT2D eigenvalue weighted by molar-refractivity contribution is 7.19. The van der Waals surface area contributed by atoms with Crippen LogP contribution in [0.1, 0.15) is 24.3 Å². The molecule has 0 saturated heterocycles. The molecule has 0 saturated carbocycles. The molecule has 2 aromatic rings. The van der Waals surface area contributed by atoms with Crippen LogP contribution in [0.3, 0.4) is 0 Å². The zero-order valence-electron chi connectivity index (χ0n) is 14.0. The minimum atomic E-state index is -0.630. The Labute approximate surface area is 146 Å². The summed E-state index contributed by atoms with van der Waals surface area (Å²) in [7, 11) is 1.63. The monoisotopic (exact) mass is 348 g/mol. The fourth-order valence-corrected chi connectivity index (χ4v) is 3.22. The molecule has 0 radical (unpaired) electrons. The molecule has 1 atom stereocenters. The second-order valence-corrected chi connectivity index (χ2v) is 6.47. The molecule has 0 aliphatic rings. The van der Waals surface area contributed by atoms with Gasteiger partial charge in [-0.2, -0.15) is 0 Å². The SMILES string of the molecule is CCCNC(=O)CNC(=NC)NCC(O)c1cc2ccccc2s1. The predicted molar refractivity (Wildman–Crippen MR) is 99.4 cm³/mol. The van der Waals surface area contributed by atoms with Gasteiger partial charge in [-0.1, -0.05) is 25.1 Å². The predicted octanol–water partition coefficient (Wildman–Crippen LogP) is 1.63. The van der Waals surface area contributed by atoms with Crippen LogP contribution in [0.2, 0.25) is 0 Å². The van der Waals surface area contributed by atoms with E-state index in [9.17, 15) is 9.90 Å². The van der Waals surface area contributed by atoms with Crippen molar-refractivity contribution >= 4 is 33.3 Å². The molecule has 4 N–H and O–H groups in total. The number of hydrogen-bond donors (Lipinski definition) is 4. The Hall–Kier alpha value is -2.12. The van der Waals surface area contributed by atoms with Crippen LogP contribution in [0.15, 0.2) is 35.3 Å². The van der Waals surface area contributed by atoms with Crippen molar-refractivity contribution in [3.05, 3.63) is 35.2 Å². The molecule has 0 aliphatic carbocycles. The molecule has 2 rings (SSSR count). The maximum absolute atomic E-state index is 11.6. The lowest BCUT2D eigenvalue weighted by Gasteiger charge is -2.14. The molecular weight excluding hydrogens is 324 g/mol. The van der Waals surface area contributed by atoms with Crippen LogP contribution >= 0.6 is 11.3 Å². The van der Waals surface area contributed by atoms with Crippen molar-refractivity contribution in [2.75, 3.05) is 26.7 Å². The van der Waals surface area contributed by atoms with E-state index in [1.807, 2.05) is 37.3 Å². The highest BCUT2D eigenvalue weighted by Crippen LogP contribution is 2.29. The Bertz CT molecular complexity index is 666. The molecule has 0 fully saturated rings. The van der Waals surface area contributed by atoms with Crippen LogP contribution in [0.25, 0.3) is 10.1 Å². The summed E-state index contributed by atoms with van der Waals surface area (Å²) in [6, 6.07) is 10.0. The Morgan fingerprint density at radius 3 is 2.79 bits per heavy atom. The number of thiophene rings is 1. The average Bonchev–Trinajstić information content (AvgIpc) is 3.04. The Balaban J connectivity index is 1.82. The van der Waals surface area contributed by atoms with Crippen molar-refractivity contribution in [1.29, 1.82) is 0 Å². The number of aliphatic hydroxyl groups excluding tert-OH is 1. The van der Waals surface area contributed by atoms with Crippen LogP contribution in [-0.2, 0) is 4.79 Å². The summed E-state index contributed by atoms with van der Waals surface area (Å²) in [6.07, 6.45) is 0.273. The smallest absolute Gasteiger partial charge is 0.239 e. The second-order valence-electron chi connectivity index (χ2n) is 5.36. The van der Waals surface area contributed by atoms with E-state index >= 15 is 0 Å². The maximum atomic E-state index is 11.6. The summed E-state index contributed by atoms with van der Waals surface area (Å²) in [4.78, 5) is 16.5. The van der Waals surface area contributed by atoms with Gasteiger partial charge in [-0.25, -0.2) is 0 Å². The first-order valence-electron chi connectivity index (χ1n) is 8.01. The third-order valence-electron chi connectivity index (χ3n) is 3.45. The molecule has 1 heterocycles. The van der Waals surface area contributed by atoms with Crippen LogP contribution in [0.4, 0.5) is 0 Å². The van der Waals surface area contributed by atoms with E-state index < -0.39 is 6.10 Å². The summed E-state index contributed by atoms with van der Waals surface area (Å²) in [6.45, 7) is 3.14. The second kappa shape index (κ2) is 9.24. The standard InChI is InChI=1S/C17H24N4O2S/c1-3-8-19-16(23)11-21-17(18-2)20-10-13(22)15-9-12-6-4-5-7-14(12)24-15/h4-7,9,13,22H,3,8,10-11H2,1-2H3,(H,19,23)(H2,18,20,21). The van der Waals surface area contributed by atoms with E-state index in [0.717, 1.165) is 21.4 Å². The lowest BCUT2D eigenvalue weighted by Crippen LogP contribution is -2.44.